The molecule has 0 saturated heterocycles. The van der Waals surface area contributed by atoms with Crippen molar-refractivity contribution in [1.29, 1.82) is 0 Å². The van der Waals surface area contributed by atoms with Gasteiger partial charge in [0.05, 0.1) is 0 Å². The molecule has 1 unspecified atom stereocenters. The first-order valence-corrected chi connectivity index (χ1v) is 4.22. The fraction of sp³-hybridized carbons (Fsp3) is 0.400. The quantitative estimate of drug-likeness (QED) is 0.613. The van der Waals surface area contributed by atoms with E-state index in [9.17, 15) is 4.79 Å². The maximum atomic E-state index is 11.3. The number of allylic oxidation sites excluding steroid dienone is 3. The largest absolute Gasteiger partial charge is 0.299 e. The second-order valence-electron chi connectivity index (χ2n) is 2.73. The van der Waals surface area contributed by atoms with Crippen molar-refractivity contribution in [2.24, 2.45) is 10.9 Å². The lowest BCUT2D eigenvalue weighted by Crippen LogP contribution is -2.10. The zero-order valence-electron chi connectivity index (χ0n) is 7.23. The summed E-state index contributed by atoms with van der Waals surface area (Å²) in [5, 5.41) is 0. The van der Waals surface area contributed by atoms with Gasteiger partial charge < -0.3 is 0 Å². The van der Waals surface area contributed by atoms with E-state index in [1.165, 1.54) is 0 Å². The van der Waals surface area contributed by atoms with Crippen LogP contribution in [0.25, 0.3) is 0 Å². The van der Waals surface area contributed by atoms with Gasteiger partial charge in [-0.05, 0) is 12.5 Å². The predicted octanol–water partition coefficient (Wildman–Crippen LogP) is 2.13. The van der Waals surface area contributed by atoms with Crippen molar-refractivity contribution < 1.29 is 4.79 Å². The molecule has 0 saturated carbocycles. The van der Waals surface area contributed by atoms with Crippen molar-refractivity contribution in [3.05, 3.63) is 24.4 Å². The average Bonchev–Trinajstić information content (AvgIpc) is 2.02. The summed E-state index contributed by atoms with van der Waals surface area (Å²) in [6.07, 6.45) is 10.5. The molecular formula is C10H13NO. The van der Waals surface area contributed by atoms with Gasteiger partial charge in [0, 0.05) is 24.8 Å². The van der Waals surface area contributed by atoms with E-state index in [0.717, 1.165) is 6.42 Å². The van der Waals surface area contributed by atoms with Crippen molar-refractivity contribution >= 4 is 12.0 Å². The van der Waals surface area contributed by atoms with Crippen LogP contribution < -0.4 is 0 Å². The van der Waals surface area contributed by atoms with Crippen LogP contribution in [0.3, 0.4) is 0 Å². The minimum absolute atomic E-state index is 0.0537. The zero-order valence-corrected chi connectivity index (χ0v) is 7.23. The fourth-order valence-electron chi connectivity index (χ4n) is 1.13. The zero-order chi connectivity index (χ0) is 8.81. The molecule has 0 bridgehead atoms. The third kappa shape index (κ3) is 2.46. The Bertz CT molecular complexity index is 238. The van der Waals surface area contributed by atoms with E-state index in [1.54, 1.807) is 12.4 Å². The number of Topliss-reactive ketones (excluding diaryl/α,β-unsaturated/α-hetero) is 1. The Morgan fingerprint density at radius 1 is 1.67 bits per heavy atom. The third-order valence-electron chi connectivity index (χ3n) is 1.86. The van der Waals surface area contributed by atoms with Gasteiger partial charge in [-0.2, -0.15) is 0 Å². The lowest BCUT2D eigenvalue weighted by Gasteiger charge is -2.07. The summed E-state index contributed by atoms with van der Waals surface area (Å²) in [4.78, 5) is 15.2. The molecule has 1 aliphatic heterocycles. The van der Waals surface area contributed by atoms with Crippen LogP contribution in [-0.2, 0) is 4.79 Å². The molecule has 0 aromatic heterocycles. The van der Waals surface area contributed by atoms with Crippen LogP contribution in [0, 0.1) is 5.92 Å². The van der Waals surface area contributed by atoms with Crippen LogP contribution >= 0.6 is 0 Å². The predicted molar refractivity (Wildman–Crippen MR) is 50.2 cm³/mol. The second-order valence-corrected chi connectivity index (χ2v) is 2.73. The highest BCUT2D eigenvalue weighted by Gasteiger charge is 2.11. The smallest absolute Gasteiger partial charge is 0.139 e. The number of hydrogen-bond donors (Lipinski definition) is 0. The average molecular weight is 163 g/mol. The molecule has 1 aliphatic rings. The van der Waals surface area contributed by atoms with E-state index in [4.69, 9.17) is 0 Å². The Morgan fingerprint density at radius 3 is 3.25 bits per heavy atom. The number of carbonyl (C=O) groups is 1. The molecule has 0 aliphatic carbocycles. The molecule has 12 heavy (non-hydrogen) atoms. The van der Waals surface area contributed by atoms with E-state index in [1.807, 2.05) is 25.2 Å². The number of carbonyl (C=O) groups excluding carboxylic acids is 1. The molecule has 1 heterocycles. The Labute approximate surface area is 72.7 Å². The first kappa shape index (κ1) is 8.91. The van der Waals surface area contributed by atoms with E-state index >= 15 is 0 Å². The Hall–Kier alpha value is -1.18. The van der Waals surface area contributed by atoms with Gasteiger partial charge in [0.25, 0.3) is 0 Å². The summed E-state index contributed by atoms with van der Waals surface area (Å²) in [5.74, 6) is 0.351. The lowest BCUT2D eigenvalue weighted by atomic mass is 9.97. The summed E-state index contributed by atoms with van der Waals surface area (Å²) in [6, 6.07) is 0. The SMILES string of the molecule is CCC(=O)C1C=CC=NC=CC1. The molecule has 1 rings (SSSR count). The number of hydrogen-bond acceptors (Lipinski definition) is 2. The Morgan fingerprint density at radius 2 is 2.50 bits per heavy atom. The van der Waals surface area contributed by atoms with Gasteiger partial charge in [-0.1, -0.05) is 19.1 Å². The monoisotopic (exact) mass is 163 g/mol. The number of rotatable bonds is 2. The third-order valence-corrected chi connectivity index (χ3v) is 1.86. The minimum atomic E-state index is 0.0537. The molecule has 0 radical (unpaired) electrons. The summed E-state index contributed by atoms with van der Waals surface area (Å²) < 4.78 is 0. The maximum absolute atomic E-state index is 11.3. The van der Waals surface area contributed by atoms with Crippen LogP contribution in [0.1, 0.15) is 19.8 Å². The van der Waals surface area contributed by atoms with Gasteiger partial charge in [0.2, 0.25) is 0 Å². The molecule has 0 aromatic carbocycles. The first-order valence-electron chi connectivity index (χ1n) is 4.22. The maximum Gasteiger partial charge on any atom is 0.139 e. The minimum Gasteiger partial charge on any atom is -0.299 e. The number of ketones is 1. The normalized spacial score (nSPS) is 21.9. The molecular weight excluding hydrogens is 150 g/mol. The molecule has 64 valence electrons. The fourth-order valence-corrected chi connectivity index (χ4v) is 1.13. The molecule has 0 fully saturated rings. The van der Waals surface area contributed by atoms with Crippen molar-refractivity contribution in [1.82, 2.24) is 0 Å². The van der Waals surface area contributed by atoms with Crippen LogP contribution in [0.5, 0.6) is 0 Å². The van der Waals surface area contributed by atoms with Gasteiger partial charge in [-0.15, -0.1) is 0 Å². The van der Waals surface area contributed by atoms with Gasteiger partial charge in [-0.25, -0.2) is 0 Å². The van der Waals surface area contributed by atoms with Crippen molar-refractivity contribution in [3.63, 3.8) is 0 Å². The van der Waals surface area contributed by atoms with Crippen molar-refractivity contribution in [2.45, 2.75) is 19.8 Å². The first-order chi connectivity index (χ1) is 5.84. The molecule has 1 atom stereocenters. The van der Waals surface area contributed by atoms with Crippen molar-refractivity contribution in [3.8, 4) is 0 Å². The molecule has 0 aromatic rings. The van der Waals surface area contributed by atoms with E-state index in [0.29, 0.717) is 12.2 Å². The molecule has 0 N–H and O–H groups in total. The van der Waals surface area contributed by atoms with Crippen LogP contribution in [-0.4, -0.2) is 12.0 Å². The van der Waals surface area contributed by atoms with E-state index in [-0.39, 0.29) is 5.92 Å². The second kappa shape index (κ2) is 4.65. The highest BCUT2D eigenvalue weighted by atomic mass is 16.1. The topological polar surface area (TPSA) is 29.4 Å². The van der Waals surface area contributed by atoms with Crippen LogP contribution in [0.4, 0.5) is 0 Å². The Kier molecular flexibility index (Phi) is 3.45. The highest BCUT2D eigenvalue weighted by Crippen LogP contribution is 2.10. The lowest BCUT2D eigenvalue weighted by molar-refractivity contribution is -0.121. The standard InChI is InChI=1S/C10H13NO/c1-2-10(12)9-5-3-7-11-8-4-6-9/h3-5,7-9H,2,6H2,1H3. The van der Waals surface area contributed by atoms with Gasteiger partial charge >= 0.3 is 0 Å². The highest BCUT2D eigenvalue weighted by molar-refractivity contribution is 5.84. The van der Waals surface area contributed by atoms with Gasteiger partial charge in [0.1, 0.15) is 5.78 Å². The molecule has 0 spiro atoms. The molecule has 2 nitrogen and oxygen atoms in total. The summed E-state index contributed by atoms with van der Waals surface area (Å²) in [6.45, 7) is 1.90. The van der Waals surface area contributed by atoms with E-state index < -0.39 is 0 Å². The molecule has 0 amide bonds. The summed E-state index contributed by atoms with van der Waals surface area (Å²) >= 11 is 0. The van der Waals surface area contributed by atoms with E-state index in [2.05, 4.69) is 4.99 Å². The van der Waals surface area contributed by atoms with Gasteiger partial charge in [-0.3, -0.25) is 9.79 Å². The summed E-state index contributed by atoms with van der Waals surface area (Å²) in [5.41, 5.74) is 0. The summed E-state index contributed by atoms with van der Waals surface area (Å²) in [7, 11) is 0. The Balaban J connectivity index is 2.65. The van der Waals surface area contributed by atoms with Crippen LogP contribution in [0.15, 0.2) is 29.4 Å². The molecule has 2 heteroatoms. The van der Waals surface area contributed by atoms with Crippen LogP contribution in [0.2, 0.25) is 0 Å². The number of nitrogens with zero attached hydrogens (tertiary/aromatic N) is 1. The van der Waals surface area contributed by atoms with Gasteiger partial charge in [0.15, 0.2) is 0 Å². The number of aliphatic imine (C=N–C) groups is 1. The van der Waals surface area contributed by atoms with Crippen molar-refractivity contribution in [2.75, 3.05) is 0 Å².